The number of anilines is 1. The van der Waals surface area contributed by atoms with Crippen LogP contribution in [0.2, 0.25) is 5.02 Å². The van der Waals surface area contributed by atoms with Crippen LogP contribution < -0.4 is 15.8 Å². The summed E-state index contributed by atoms with van der Waals surface area (Å²) in [6.45, 7) is 10.6. The number of nitrogen functional groups attached to an aromatic ring is 1. The van der Waals surface area contributed by atoms with Gasteiger partial charge in [0, 0.05) is 38.3 Å². The van der Waals surface area contributed by atoms with Gasteiger partial charge in [-0.05, 0) is 57.7 Å². The molecule has 4 aliphatic heterocycles. The van der Waals surface area contributed by atoms with Crippen LogP contribution >= 0.6 is 36.4 Å². The lowest BCUT2D eigenvalue weighted by molar-refractivity contribution is -0.164. The van der Waals surface area contributed by atoms with Gasteiger partial charge in [-0.2, -0.15) is 0 Å². The van der Waals surface area contributed by atoms with Gasteiger partial charge < -0.3 is 25.3 Å². The molecular weight excluding hydrogens is 567 g/mol. The summed E-state index contributed by atoms with van der Waals surface area (Å²) in [6, 6.07) is 3.28. The molecule has 0 aromatic heterocycles. The van der Waals surface area contributed by atoms with Crippen LogP contribution in [0.4, 0.5) is 5.69 Å². The van der Waals surface area contributed by atoms with E-state index in [0.29, 0.717) is 49.2 Å². The maximum absolute atomic E-state index is 13.5. The zero-order chi connectivity index (χ0) is 26.4. The molecule has 0 saturated carbocycles. The zero-order valence-corrected chi connectivity index (χ0v) is 25.3. The van der Waals surface area contributed by atoms with Gasteiger partial charge >= 0.3 is 5.97 Å². The Morgan fingerprint density at radius 3 is 2.44 bits per heavy atom. The number of fused-ring (bicyclic) bond motifs is 3. The number of rotatable bonds is 11. The highest BCUT2D eigenvalue weighted by Crippen LogP contribution is 2.31. The summed E-state index contributed by atoms with van der Waals surface area (Å²) in [6.07, 6.45) is 3.58. The van der Waals surface area contributed by atoms with E-state index < -0.39 is 5.92 Å². The van der Waals surface area contributed by atoms with Crippen LogP contribution in [0.5, 0.6) is 5.75 Å². The summed E-state index contributed by atoms with van der Waals surface area (Å²) >= 11 is 6.20. The number of esters is 1. The fourth-order valence-electron chi connectivity index (χ4n) is 5.73. The molecule has 0 radical (unpaired) electrons. The van der Waals surface area contributed by atoms with Crippen molar-refractivity contribution in [2.45, 2.75) is 51.7 Å². The third-order valence-corrected chi connectivity index (χ3v) is 8.27. The Kier molecular flexibility index (Phi) is 13.9. The molecule has 1 aromatic carbocycles. The molecule has 3 unspecified atom stereocenters. The topological polar surface area (TPSA) is 106 Å². The molecule has 222 valence electrons. The first kappa shape index (κ1) is 33.7. The number of halogens is 3. The van der Waals surface area contributed by atoms with E-state index in [0.717, 1.165) is 52.0 Å². The van der Waals surface area contributed by atoms with Gasteiger partial charge in [0.15, 0.2) is 0 Å². The maximum atomic E-state index is 13.5. The van der Waals surface area contributed by atoms with Gasteiger partial charge in [0.2, 0.25) is 0 Å². The minimum absolute atomic E-state index is 0. The molecule has 5 rings (SSSR count). The van der Waals surface area contributed by atoms with Gasteiger partial charge in [-0.25, -0.2) is 0 Å². The second kappa shape index (κ2) is 16.1. The van der Waals surface area contributed by atoms with Crippen molar-refractivity contribution >= 4 is 54.0 Å². The van der Waals surface area contributed by atoms with E-state index in [1.807, 2.05) is 6.92 Å². The van der Waals surface area contributed by atoms with Crippen molar-refractivity contribution in [2.24, 2.45) is 11.8 Å². The lowest BCUT2D eigenvalue weighted by Crippen LogP contribution is -2.53. The zero-order valence-electron chi connectivity index (χ0n) is 22.9. The summed E-state index contributed by atoms with van der Waals surface area (Å²) in [4.78, 5) is 31.5. The first-order chi connectivity index (χ1) is 17.9. The molecule has 4 fully saturated rings. The maximum Gasteiger partial charge on any atom is 0.311 e. The molecule has 12 heteroatoms. The quantitative estimate of drug-likeness (QED) is 0.289. The Labute approximate surface area is 249 Å². The molecule has 2 bridgehead atoms. The van der Waals surface area contributed by atoms with Crippen LogP contribution in [-0.2, 0) is 14.3 Å². The molecule has 0 aliphatic carbocycles. The van der Waals surface area contributed by atoms with E-state index in [4.69, 9.17) is 31.5 Å². The van der Waals surface area contributed by atoms with E-state index in [1.165, 1.54) is 6.07 Å². The second-order valence-corrected chi connectivity index (χ2v) is 10.7. The number of carbonyl (C=O) groups is 2. The lowest BCUT2D eigenvalue weighted by Gasteiger charge is -2.44. The van der Waals surface area contributed by atoms with Gasteiger partial charge in [-0.3, -0.25) is 19.4 Å². The predicted molar refractivity (Wildman–Crippen MR) is 157 cm³/mol. The van der Waals surface area contributed by atoms with Crippen LogP contribution in [0.1, 0.15) is 49.9 Å². The number of hydrogen-bond donors (Lipinski definition) is 2. The van der Waals surface area contributed by atoms with Crippen molar-refractivity contribution in [2.75, 3.05) is 64.8 Å². The van der Waals surface area contributed by atoms with Crippen LogP contribution in [0.15, 0.2) is 12.1 Å². The fourth-order valence-corrected chi connectivity index (χ4v) is 5.89. The Balaban J connectivity index is 0.00000267. The van der Waals surface area contributed by atoms with Crippen LogP contribution in [-0.4, -0.2) is 92.9 Å². The highest BCUT2D eigenvalue weighted by molar-refractivity contribution is 6.33. The molecule has 0 spiro atoms. The van der Waals surface area contributed by atoms with Crippen molar-refractivity contribution in [3.05, 3.63) is 22.7 Å². The standard InChI is InChI=1S/C27H41ClN4O5.2ClH/c1-3-20(32-9-11-35-12-10-32)13-19(27(34)37-25-17-31-7-5-18(25)6-8-31)16-30-26(33)21-14-22(28)23(29)15-24(21)36-4-2;;/h14-15,18-20,25H,3-13,16-17,29H2,1-2H3,(H,30,33);2*1H. The summed E-state index contributed by atoms with van der Waals surface area (Å²) < 4.78 is 17.3. The first-order valence-electron chi connectivity index (χ1n) is 13.6. The van der Waals surface area contributed by atoms with E-state index >= 15 is 0 Å². The molecule has 3 N–H and O–H groups in total. The predicted octanol–water partition coefficient (Wildman–Crippen LogP) is 3.65. The number of morpholine rings is 1. The fraction of sp³-hybridized carbons (Fsp3) is 0.704. The average Bonchev–Trinajstić information content (AvgIpc) is 2.92. The SMILES string of the molecule is CCOc1cc(N)c(Cl)cc1C(=O)NCC(CC(CC)N1CCOCC1)C(=O)OC1CN2CCC1CC2.Cl.Cl. The number of nitrogens with two attached hydrogens (primary N) is 1. The van der Waals surface area contributed by atoms with Crippen molar-refractivity contribution in [1.29, 1.82) is 0 Å². The third-order valence-electron chi connectivity index (χ3n) is 7.94. The molecule has 4 heterocycles. The summed E-state index contributed by atoms with van der Waals surface area (Å²) in [7, 11) is 0. The number of piperidine rings is 3. The molecule has 3 atom stereocenters. The smallest absolute Gasteiger partial charge is 0.311 e. The Morgan fingerprint density at radius 2 is 1.85 bits per heavy atom. The van der Waals surface area contributed by atoms with E-state index in [1.54, 1.807) is 6.07 Å². The minimum Gasteiger partial charge on any atom is -0.493 e. The summed E-state index contributed by atoms with van der Waals surface area (Å²) in [5, 5.41) is 3.24. The van der Waals surface area contributed by atoms with Crippen molar-refractivity contribution < 1.29 is 23.8 Å². The minimum atomic E-state index is -0.466. The van der Waals surface area contributed by atoms with E-state index in [-0.39, 0.29) is 60.4 Å². The van der Waals surface area contributed by atoms with Crippen molar-refractivity contribution in [3.8, 4) is 5.75 Å². The number of benzene rings is 1. The molecule has 39 heavy (non-hydrogen) atoms. The van der Waals surface area contributed by atoms with Crippen molar-refractivity contribution in [1.82, 2.24) is 15.1 Å². The van der Waals surface area contributed by atoms with Crippen LogP contribution in [0, 0.1) is 11.8 Å². The number of carbonyl (C=O) groups excluding carboxylic acids is 2. The van der Waals surface area contributed by atoms with Crippen LogP contribution in [0.3, 0.4) is 0 Å². The Bertz CT molecular complexity index is 942. The highest BCUT2D eigenvalue weighted by atomic mass is 35.5. The third kappa shape index (κ3) is 8.75. The van der Waals surface area contributed by atoms with Gasteiger partial charge in [0.05, 0.1) is 42.0 Å². The number of hydrogen-bond acceptors (Lipinski definition) is 8. The monoisotopic (exact) mass is 608 g/mol. The molecule has 4 aliphatic rings. The highest BCUT2D eigenvalue weighted by Gasteiger charge is 2.38. The molecular formula is C27H43Cl3N4O5. The average molecular weight is 610 g/mol. The van der Waals surface area contributed by atoms with E-state index in [9.17, 15) is 9.59 Å². The summed E-state index contributed by atoms with van der Waals surface area (Å²) in [5.74, 6) is -0.257. The summed E-state index contributed by atoms with van der Waals surface area (Å²) in [5.41, 5.74) is 6.56. The molecule has 1 aromatic rings. The number of amides is 1. The first-order valence-corrected chi connectivity index (χ1v) is 14.0. The largest absolute Gasteiger partial charge is 0.493 e. The van der Waals surface area contributed by atoms with Gasteiger partial charge in [-0.15, -0.1) is 24.8 Å². The lowest BCUT2D eigenvalue weighted by atomic mass is 9.85. The number of nitrogens with one attached hydrogen (secondary N) is 1. The second-order valence-electron chi connectivity index (χ2n) is 10.3. The number of ether oxygens (including phenoxy) is 3. The molecule has 9 nitrogen and oxygen atoms in total. The van der Waals surface area contributed by atoms with Crippen molar-refractivity contribution in [3.63, 3.8) is 0 Å². The van der Waals surface area contributed by atoms with Gasteiger partial charge in [0.25, 0.3) is 5.91 Å². The molecule has 1 amide bonds. The van der Waals surface area contributed by atoms with Gasteiger partial charge in [0.1, 0.15) is 11.9 Å². The Morgan fingerprint density at radius 1 is 1.15 bits per heavy atom. The molecule has 4 saturated heterocycles. The van der Waals surface area contributed by atoms with Gasteiger partial charge in [-0.1, -0.05) is 18.5 Å². The Hall–Kier alpha value is -1.49. The number of nitrogens with zero attached hydrogens (tertiary/aromatic N) is 2. The van der Waals surface area contributed by atoms with Crippen LogP contribution in [0.25, 0.3) is 0 Å². The van der Waals surface area contributed by atoms with E-state index in [2.05, 4.69) is 22.0 Å². The normalized spacial score (nSPS) is 24.0.